The summed E-state index contributed by atoms with van der Waals surface area (Å²) in [6.07, 6.45) is 0.764. The second kappa shape index (κ2) is 7.72. The van der Waals surface area contributed by atoms with Gasteiger partial charge in [0.05, 0.1) is 13.2 Å². The summed E-state index contributed by atoms with van der Waals surface area (Å²) in [6.45, 7) is 3.07. The number of likely N-dealkylation sites (N-methyl/N-ethyl adjacent to an activating group) is 1. The second-order valence-electron chi connectivity index (χ2n) is 7.80. The predicted molar refractivity (Wildman–Crippen MR) is 101 cm³/mol. The molecule has 8 nitrogen and oxygen atoms in total. The van der Waals surface area contributed by atoms with Crippen molar-refractivity contribution in [2.24, 2.45) is 0 Å². The maximum atomic E-state index is 13.5. The second-order valence-corrected chi connectivity index (χ2v) is 7.80. The van der Waals surface area contributed by atoms with Crippen molar-refractivity contribution in [3.63, 3.8) is 0 Å². The molecule has 1 unspecified atom stereocenters. The van der Waals surface area contributed by atoms with Crippen LogP contribution in [0, 0.1) is 5.82 Å². The number of benzene rings is 1. The van der Waals surface area contributed by atoms with Crippen molar-refractivity contribution in [2.75, 3.05) is 46.4 Å². The van der Waals surface area contributed by atoms with Crippen LogP contribution in [0.2, 0.25) is 0 Å². The molecule has 3 aliphatic rings. The van der Waals surface area contributed by atoms with Gasteiger partial charge >= 0.3 is 6.03 Å². The molecular formula is C20H25FN4O4. The molecule has 9 heteroatoms. The van der Waals surface area contributed by atoms with Gasteiger partial charge in [0.25, 0.3) is 5.91 Å². The third-order valence-corrected chi connectivity index (χ3v) is 6.12. The monoisotopic (exact) mass is 404 g/mol. The number of imide groups is 1. The van der Waals surface area contributed by atoms with Gasteiger partial charge in [-0.25, -0.2) is 9.18 Å². The first kappa shape index (κ1) is 19.8. The Morgan fingerprint density at radius 2 is 1.72 bits per heavy atom. The molecule has 1 atom stereocenters. The van der Waals surface area contributed by atoms with Crippen LogP contribution in [0.5, 0.6) is 0 Å². The molecule has 0 aromatic heterocycles. The number of carbonyl (C=O) groups is 3. The SMILES string of the molecule is CN1C(=O)NC2(CCN(C(=O)C(c3ccc(F)cc3)N3CCOCC3)CC2)C1=O. The van der Waals surface area contributed by atoms with E-state index in [9.17, 15) is 18.8 Å². The standard InChI is InChI=1S/C20H25FN4O4/c1-23-18(27)20(22-19(23)28)6-8-25(9-7-20)17(26)16(24-10-12-29-13-11-24)14-2-4-15(21)5-3-14/h2-5,16H,6-13H2,1H3,(H,22,28). The summed E-state index contributed by atoms with van der Waals surface area (Å²) in [6, 6.07) is 5.11. The van der Waals surface area contributed by atoms with Gasteiger partial charge in [0.2, 0.25) is 5.91 Å². The van der Waals surface area contributed by atoms with Crippen LogP contribution in [-0.4, -0.2) is 84.5 Å². The molecule has 1 aromatic rings. The van der Waals surface area contributed by atoms with Crippen molar-refractivity contribution in [2.45, 2.75) is 24.4 Å². The average Bonchev–Trinajstić information content (AvgIpc) is 2.94. The Morgan fingerprint density at radius 1 is 1.10 bits per heavy atom. The molecule has 1 N–H and O–H groups in total. The van der Waals surface area contributed by atoms with Crippen LogP contribution < -0.4 is 5.32 Å². The minimum absolute atomic E-state index is 0.0708. The minimum Gasteiger partial charge on any atom is -0.379 e. The zero-order chi connectivity index (χ0) is 20.6. The fraction of sp³-hybridized carbons (Fsp3) is 0.550. The molecule has 0 saturated carbocycles. The number of hydrogen-bond donors (Lipinski definition) is 1. The maximum absolute atomic E-state index is 13.5. The summed E-state index contributed by atoms with van der Waals surface area (Å²) >= 11 is 0. The van der Waals surface area contributed by atoms with Gasteiger partial charge in [-0.1, -0.05) is 12.1 Å². The lowest BCUT2D eigenvalue weighted by atomic mass is 9.87. The van der Waals surface area contributed by atoms with Gasteiger partial charge in [0.1, 0.15) is 17.4 Å². The average molecular weight is 404 g/mol. The molecule has 3 saturated heterocycles. The Labute approximate surface area is 168 Å². The lowest BCUT2D eigenvalue weighted by Crippen LogP contribution is -2.57. The fourth-order valence-corrected chi connectivity index (χ4v) is 4.37. The van der Waals surface area contributed by atoms with E-state index in [1.807, 2.05) is 0 Å². The first-order valence-electron chi connectivity index (χ1n) is 9.88. The molecule has 3 fully saturated rings. The van der Waals surface area contributed by atoms with Gasteiger partial charge in [0, 0.05) is 33.2 Å². The number of likely N-dealkylation sites (tertiary alicyclic amines) is 1. The quantitative estimate of drug-likeness (QED) is 0.752. The number of piperidine rings is 1. The number of rotatable bonds is 3. The van der Waals surface area contributed by atoms with E-state index in [1.165, 1.54) is 19.2 Å². The van der Waals surface area contributed by atoms with Gasteiger partial charge < -0.3 is 15.0 Å². The van der Waals surface area contributed by atoms with Gasteiger partial charge in [-0.3, -0.25) is 19.4 Å². The maximum Gasteiger partial charge on any atom is 0.324 e. The van der Waals surface area contributed by atoms with Crippen LogP contribution >= 0.6 is 0 Å². The third-order valence-electron chi connectivity index (χ3n) is 6.12. The van der Waals surface area contributed by atoms with Gasteiger partial charge in [-0.2, -0.15) is 0 Å². The number of urea groups is 1. The molecular weight excluding hydrogens is 379 g/mol. The van der Waals surface area contributed by atoms with E-state index in [4.69, 9.17) is 4.74 Å². The summed E-state index contributed by atoms with van der Waals surface area (Å²) in [5, 5.41) is 2.79. The number of carbonyl (C=O) groups excluding carboxylic acids is 3. The molecule has 29 heavy (non-hydrogen) atoms. The molecule has 156 valence electrons. The molecule has 3 heterocycles. The van der Waals surface area contributed by atoms with E-state index >= 15 is 0 Å². The molecule has 1 spiro atoms. The largest absolute Gasteiger partial charge is 0.379 e. The van der Waals surface area contributed by atoms with Gasteiger partial charge in [0.15, 0.2) is 0 Å². The third kappa shape index (κ3) is 3.60. The summed E-state index contributed by atoms with van der Waals surface area (Å²) in [5.41, 5.74) is -0.170. The van der Waals surface area contributed by atoms with Crippen LogP contribution in [0.1, 0.15) is 24.4 Å². The Bertz CT molecular complexity index is 801. The van der Waals surface area contributed by atoms with Gasteiger partial charge in [-0.05, 0) is 30.5 Å². The van der Waals surface area contributed by atoms with Crippen molar-refractivity contribution in [3.05, 3.63) is 35.6 Å². The zero-order valence-electron chi connectivity index (χ0n) is 16.4. The van der Waals surface area contributed by atoms with Crippen LogP contribution in [0.15, 0.2) is 24.3 Å². The Kier molecular flexibility index (Phi) is 5.26. The topological polar surface area (TPSA) is 82.2 Å². The van der Waals surface area contributed by atoms with Crippen LogP contribution in [0.3, 0.4) is 0 Å². The smallest absolute Gasteiger partial charge is 0.324 e. The summed E-state index contributed by atoms with van der Waals surface area (Å²) < 4.78 is 18.8. The zero-order valence-corrected chi connectivity index (χ0v) is 16.4. The normalized spacial score (nSPS) is 23.4. The molecule has 1 aromatic carbocycles. The molecule has 4 rings (SSSR count). The number of halogens is 1. The molecule has 3 aliphatic heterocycles. The van der Waals surface area contributed by atoms with Crippen molar-refractivity contribution in [1.29, 1.82) is 0 Å². The number of ether oxygens (including phenoxy) is 1. The first-order chi connectivity index (χ1) is 13.9. The fourth-order valence-electron chi connectivity index (χ4n) is 4.37. The van der Waals surface area contributed by atoms with E-state index in [0.717, 1.165) is 10.5 Å². The highest BCUT2D eigenvalue weighted by atomic mass is 19.1. The van der Waals surface area contributed by atoms with Crippen LogP contribution in [-0.2, 0) is 14.3 Å². The van der Waals surface area contributed by atoms with E-state index in [2.05, 4.69) is 10.2 Å². The van der Waals surface area contributed by atoms with Crippen molar-refractivity contribution < 1.29 is 23.5 Å². The van der Waals surface area contributed by atoms with Crippen LogP contribution in [0.25, 0.3) is 0 Å². The number of nitrogens with zero attached hydrogens (tertiary/aromatic N) is 3. The van der Waals surface area contributed by atoms with E-state index in [0.29, 0.717) is 52.2 Å². The number of hydrogen-bond acceptors (Lipinski definition) is 5. The van der Waals surface area contributed by atoms with Gasteiger partial charge in [-0.15, -0.1) is 0 Å². The summed E-state index contributed by atoms with van der Waals surface area (Å²) in [7, 11) is 1.47. The minimum atomic E-state index is -0.910. The van der Waals surface area contributed by atoms with E-state index < -0.39 is 17.6 Å². The lowest BCUT2D eigenvalue weighted by molar-refractivity contribution is -0.143. The van der Waals surface area contributed by atoms with Crippen molar-refractivity contribution in [3.8, 4) is 0 Å². The summed E-state index contributed by atoms with van der Waals surface area (Å²) in [4.78, 5) is 42.7. The summed E-state index contributed by atoms with van der Waals surface area (Å²) in [5.74, 6) is -0.655. The first-order valence-corrected chi connectivity index (χ1v) is 9.88. The molecule has 0 radical (unpaired) electrons. The van der Waals surface area contributed by atoms with E-state index in [1.54, 1.807) is 17.0 Å². The van der Waals surface area contributed by atoms with E-state index in [-0.39, 0.29) is 17.6 Å². The number of amides is 4. The lowest BCUT2D eigenvalue weighted by Gasteiger charge is -2.41. The highest BCUT2D eigenvalue weighted by Gasteiger charge is 2.51. The Morgan fingerprint density at radius 3 is 2.28 bits per heavy atom. The van der Waals surface area contributed by atoms with Crippen molar-refractivity contribution in [1.82, 2.24) is 20.0 Å². The molecule has 4 amide bonds. The number of nitrogens with one attached hydrogen (secondary N) is 1. The van der Waals surface area contributed by atoms with Crippen LogP contribution in [0.4, 0.5) is 9.18 Å². The highest BCUT2D eigenvalue weighted by Crippen LogP contribution is 2.31. The predicted octanol–water partition coefficient (Wildman–Crippen LogP) is 0.742. The Hall–Kier alpha value is -2.52. The Balaban J connectivity index is 1.52. The van der Waals surface area contributed by atoms with Crippen molar-refractivity contribution >= 4 is 17.8 Å². The molecule has 0 bridgehead atoms. The number of morpholine rings is 1. The molecule has 0 aliphatic carbocycles. The highest BCUT2D eigenvalue weighted by molar-refractivity contribution is 6.06.